The molecule has 1 aliphatic rings. The third-order valence-corrected chi connectivity index (χ3v) is 6.89. The summed E-state index contributed by atoms with van der Waals surface area (Å²) in [6.45, 7) is 10.8. The molecule has 10 heteroatoms. The van der Waals surface area contributed by atoms with E-state index in [0.29, 0.717) is 29.1 Å². The summed E-state index contributed by atoms with van der Waals surface area (Å²) in [4.78, 5) is 54.2. The van der Waals surface area contributed by atoms with Gasteiger partial charge in [0.25, 0.3) is 5.91 Å². The summed E-state index contributed by atoms with van der Waals surface area (Å²) < 4.78 is 5.38. The molecule has 216 valence electrons. The standard InChI is InChI=1S/C30H39ClN4O5/c1-17-10-13-21(19(3)16-17)26(27(37)34-25-18(2)8-7-9-22(25)31)35(20-11-12-20)28(38)23(14-15-24(32)36)33-29(39)40-30(4,5)6/h7-10,13,16,20,23,26H,11-12,14-15H2,1-6H3,(H2,32,36)(H,33,39)(H,34,37). The Kier molecular flexibility index (Phi) is 9.84. The Bertz CT molecular complexity index is 1270. The first-order chi connectivity index (χ1) is 18.7. The van der Waals surface area contributed by atoms with Crippen LogP contribution in [0, 0.1) is 20.8 Å². The Morgan fingerprint density at radius 1 is 1.07 bits per heavy atom. The molecule has 1 fully saturated rings. The number of benzene rings is 2. The molecule has 2 unspecified atom stereocenters. The van der Waals surface area contributed by atoms with Crippen molar-refractivity contribution in [3.05, 3.63) is 63.7 Å². The van der Waals surface area contributed by atoms with Crippen LogP contribution in [0.3, 0.4) is 0 Å². The Morgan fingerprint density at radius 3 is 2.30 bits per heavy atom. The number of carbonyl (C=O) groups excluding carboxylic acids is 4. The number of hydrogen-bond acceptors (Lipinski definition) is 5. The second-order valence-electron chi connectivity index (χ2n) is 11.4. The number of hydrogen-bond donors (Lipinski definition) is 3. The Labute approximate surface area is 240 Å². The zero-order valence-electron chi connectivity index (χ0n) is 24.0. The van der Waals surface area contributed by atoms with Crippen molar-refractivity contribution < 1.29 is 23.9 Å². The van der Waals surface area contributed by atoms with Gasteiger partial charge in [-0.15, -0.1) is 0 Å². The lowest BCUT2D eigenvalue weighted by Gasteiger charge is -2.35. The lowest BCUT2D eigenvalue weighted by Crippen LogP contribution is -2.53. The largest absolute Gasteiger partial charge is 0.444 e. The molecule has 2 aromatic carbocycles. The van der Waals surface area contributed by atoms with Crippen LogP contribution < -0.4 is 16.4 Å². The number of ether oxygens (including phenoxy) is 1. The van der Waals surface area contributed by atoms with Gasteiger partial charge in [-0.2, -0.15) is 0 Å². The Hall–Kier alpha value is -3.59. The number of aryl methyl sites for hydroxylation is 3. The number of carbonyl (C=O) groups is 4. The molecule has 2 aromatic rings. The van der Waals surface area contributed by atoms with Gasteiger partial charge in [0.15, 0.2) is 0 Å². The van der Waals surface area contributed by atoms with E-state index >= 15 is 0 Å². The van der Waals surface area contributed by atoms with E-state index in [9.17, 15) is 19.2 Å². The van der Waals surface area contributed by atoms with E-state index < -0.39 is 41.5 Å². The first kappa shape index (κ1) is 30.9. The van der Waals surface area contributed by atoms with E-state index in [2.05, 4.69) is 10.6 Å². The number of para-hydroxylation sites is 1. The van der Waals surface area contributed by atoms with Crippen molar-refractivity contribution in [1.82, 2.24) is 10.2 Å². The van der Waals surface area contributed by atoms with Crippen LogP contribution in [-0.4, -0.2) is 46.4 Å². The van der Waals surface area contributed by atoms with Crippen LogP contribution >= 0.6 is 11.6 Å². The van der Waals surface area contributed by atoms with E-state index in [1.165, 1.54) is 4.90 Å². The molecule has 3 rings (SSSR count). The van der Waals surface area contributed by atoms with Gasteiger partial charge in [-0.25, -0.2) is 4.79 Å². The molecule has 40 heavy (non-hydrogen) atoms. The molecule has 9 nitrogen and oxygen atoms in total. The first-order valence-electron chi connectivity index (χ1n) is 13.4. The normalized spacial score (nSPS) is 14.6. The molecule has 1 saturated carbocycles. The third kappa shape index (κ3) is 8.21. The van der Waals surface area contributed by atoms with Crippen LogP contribution in [-0.2, 0) is 19.1 Å². The number of rotatable bonds is 10. The summed E-state index contributed by atoms with van der Waals surface area (Å²) >= 11 is 6.42. The summed E-state index contributed by atoms with van der Waals surface area (Å²) in [6.07, 6.45) is 0.414. The molecular weight excluding hydrogens is 532 g/mol. The number of anilines is 1. The summed E-state index contributed by atoms with van der Waals surface area (Å²) in [5.41, 5.74) is 8.32. The minimum Gasteiger partial charge on any atom is -0.444 e. The zero-order chi connectivity index (χ0) is 29.8. The van der Waals surface area contributed by atoms with Crippen LogP contribution in [0.2, 0.25) is 5.02 Å². The highest BCUT2D eigenvalue weighted by Crippen LogP contribution is 2.38. The summed E-state index contributed by atoms with van der Waals surface area (Å²) in [7, 11) is 0. The van der Waals surface area contributed by atoms with Crippen molar-refractivity contribution in [2.45, 2.75) is 91.0 Å². The fraction of sp³-hybridized carbons (Fsp3) is 0.467. The van der Waals surface area contributed by atoms with Gasteiger partial charge in [0.2, 0.25) is 11.8 Å². The van der Waals surface area contributed by atoms with E-state index in [4.69, 9.17) is 22.1 Å². The fourth-order valence-corrected chi connectivity index (χ4v) is 4.85. The van der Waals surface area contributed by atoms with Crippen molar-refractivity contribution in [1.29, 1.82) is 0 Å². The molecule has 0 heterocycles. The van der Waals surface area contributed by atoms with E-state index in [0.717, 1.165) is 16.7 Å². The highest BCUT2D eigenvalue weighted by molar-refractivity contribution is 6.34. The smallest absolute Gasteiger partial charge is 0.408 e. The fourth-order valence-electron chi connectivity index (χ4n) is 4.58. The van der Waals surface area contributed by atoms with Crippen LogP contribution in [0.25, 0.3) is 0 Å². The van der Waals surface area contributed by atoms with Crippen LogP contribution in [0.1, 0.15) is 74.8 Å². The van der Waals surface area contributed by atoms with Gasteiger partial charge in [-0.3, -0.25) is 14.4 Å². The Balaban J connectivity index is 2.06. The molecule has 0 saturated heterocycles. The van der Waals surface area contributed by atoms with Gasteiger partial charge in [-0.1, -0.05) is 47.5 Å². The molecule has 4 N–H and O–H groups in total. The first-order valence-corrected chi connectivity index (χ1v) is 13.8. The van der Waals surface area contributed by atoms with E-state index in [1.54, 1.807) is 32.9 Å². The van der Waals surface area contributed by atoms with Gasteiger partial charge in [0, 0.05) is 12.5 Å². The van der Waals surface area contributed by atoms with Gasteiger partial charge in [-0.05, 0) is 83.6 Å². The predicted octanol–water partition coefficient (Wildman–Crippen LogP) is 5.09. The highest BCUT2D eigenvalue weighted by atomic mass is 35.5. The highest BCUT2D eigenvalue weighted by Gasteiger charge is 2.44. The lowest BCUT2D eigenvalue weighted by molar-refractivity contribution is -0.141. The third-order valence-electron chi connectivity index (χ3n) is 6.58. The number of nitrogens with two attached hydrogens (primary N) is 1. The average Bonchev–Trinajstić information content (AvgIpc) is 3.66. The molecule has 0 bridgehead atoms. The molecule has 0 radical (unpaired) electrons. The number of halogens is 1. The van der Waals surface area contributed by atoms with Gasteiger partial charge in [0.1, 0.15) is 17.7 Å². The van der Waals surface area contributed by atoms with Gasteiger partial charge >= 0.3 is 6.09 Å². The number of nitrogens with zero attached hydrogens (tertiary/aromatic N) is 1. The molecule has 0 spiro atoms. The molecular formula is C30H39ClN4O5. The number of nitrogens with one attached hydrogen (secondary N) is 2. The Morgan fingerprint density at radius 2 is 1.75 bits per heavy atom. The minimum atomic E-state index is -1.13. The topological polar surface area (TPSA) is 131 Å². The van der Waals surface area contributed by atoms with E-state index in [1.807, 2.05) is 45.0 Å². The number of primary amides is 1. The van der Waals surface area contributed by atoms with Crippen molar-refractivity contribution in [2.24, 2.45) is 5.73 Å². The van der Waals surface area contributed by atoms with Gasteiger partial charge < -0.3 is 26.0 Å². The molecule has 0 aromatic heterocycles. The quantitative estimate of drug-likeness (QED) is 0.366. The molecule has 1 aliphatic carbocycles. The summed E-state index contributed by atoms with van der Waals surface area (Å²) in [5, 5.41) is 5.94. The molecule has 2 atom stereocenters. The monoisotopic (exact) mass is 570 g/mol. The summed E-state index contributed by atoms with van der Waals surface area (Å²) in [6, 6.07) is 8.62. The average molecular weight is 571 g/mol. The maximum Gasteiger partial charge on any atom is 0.408 e. The molecule has 0 aliphatic heterocycles. The minimum absolute atomic E-state index is 0.0402. The number of alkyl carbamates (subject to hydrolysis) is 1. The van der Waals surface area contributed by atoms with E-state index in [-0.39, 0.29) is 18.9 Å². The van der Waals surface area contributed by atoms with Crippen molar-refractivity contribution in [2.75, 3.05) is 5.32 Å². The van der Waals surface area contributed by atoms with Crippen molar-refractivity contribution in [3.8, 4) is 0 Å². The number of amides is 4. The zero-order valence-corrected chi connectivity index (χ0v) is 24.7. The second kappa shape index (κ2) is 12.7. The SMILES string of the molecule is Cc1ccc(C(C(=O)Nc2c(C)cccc2Cl)N(C(=O)C(CCC(N)=O)NC(=O)OC(C)(C)C)C2CC2)c(C)c1. The maximum absolute atomic E-state index is 14.2. The second-order valence-corrected chi connectivity index (χ2v) is 11.8. The lowest BCUT2D eigenvalue weighted by atomic mass is 9.95. The van der Waals surface area contributed by atoms with Gasteiger partial charge in [0.05, 0.1) is 10.7 Å². The van der Waals surface area contributed by atoms with Crippen molar-refractivity contribution >= 4 is 41.1 Å². The van der Waals surface area contributed by atoms with Crippen LogP contribution in [0.15, 0.2) is 36.4 Å². The maximum atomic E-state index is 14.2. The molecule has 4 amide bonds. The summed E-state index contributed by atoms with van der Waals surface area (Å²) in [5.74, 6) is -1.54. The van der Waals surface area contributed by atoms with Crippen LogP contribution in [0.4, 0.5) is 10.5 Å². The van der Waals surface area contributed by atoms with Crippen LogP contribution in [0.5, 0.6) is 0 Å². The van der Waals surface area contributed by atoms with Crippen molar-refractivity contribution in [3.63, 3.8) is 0 Å². The predicted molar refractivity (Wildman–Crippen MR) is 155 cm³/mol.